The minimum atomic E-state index is 0.0769. The van der Waals surface area contributed by atoms with Gasteiger partial charge in [-0.2, -0.15) is 0 Å². The Morgan fingerprint density at radius 2 is 2.00 bits per heavy atom. The van der Waals surface area contributed by atoms with E-state index in [1.165, 1.54) is 0 Å². The van der Waals surface area contributed by atoms with Crippen LogP contribution in [0.4, 0.5) is 5.82 Å². The van der Waals surface area contributed by atoms with Crippen molar-refractivity contribution in [3.63, 3.8) is 0 Å². The fraction of sp³-hybridized carbons (Fsp3) is 0.400. The third kappa shape index (κ3) is 3.43. The van der Waals surface area contributed by atoms with E-state index in [9.17, 15) is 0 Å². The Kier molecular flexibility index (Phi) is 4.42. The van der Waals surface area contributed by atoms with Crippen LogP contribution in [0.1, 0.15) is 20.8 Å². The molecule has 7 heteroatoms. The summed E-state index contributed by atoms with van der Waals surface area (Å²) in [6, 6.07) is 4.02. The summed E-state index contributed by atoms with van der Waals surface area (Å²) in [4.78, 5) is 12.4. The molecular weight excluding hydrogens is 360 g/mol. The molecule has 0 saturated heterocycles. The van der Waals surface area contributed by atoms with Crippen molar-refractivity contribution in [2.45, 2.75) is 30.4 Å². The van der Waals surface area contributed by atoms with Gasteiger partial charge in [0.1, 0.15) is 18.0 Å². The summed E-state index contributed by atoms with van der Waals surface area (Å²) in [5.74, 6) is 2.53. The molecule has 0 atom stereocenters. The lowest BCUT2D eigenvalue weighted by Gasteiger charge is -2.26. The van der Waals surface area contributed by atoms with E-state index in [1.807, 2.05) is 31.6 Å². The maximum atomic E-state index is 5.81. The van der Waals surface area contributed by atoms with Gasteiger partial charge >= 0.3 is 0 Å². The normalized spacial score (nSPS) is 14.2. The first-order valence-electron chi connectivity index (χ1n) is 8.94. The third-order valence-electron chi connectivity index (χ3n) is 4.39. The van der Waals surface area contributed by atoms with Crippen molar-refractivity contribution in [3.8, 4) is 22.8 Å². The molecule has 6 nitrogen and oxygen atoms in total. The van der Waals surface area contributed by atoms with Gasteiger partial charge in [0.25, 0.3) is 0 Å². The van der Waals surface area contributed by atoms with Crippen molar-refractivity contribution in [2.24, 2.45) is 0 Å². The summed E-state index contributed by atoms with van der Waals surface area (Å²) in [6.45, 7) is 8.10. The Morgan fingerprint density at radius 1 is 1.19 bits per heavy atom. The number of aromatic nitrogens is 3. The van der Waals surface area contributed by atoms with E-state index in [1.54, 1.807) is 18.9 Å². The highest BCUT2D eigenvalue weighted by molar-refractivity contribution is 8.00. The molecule has 0 spiro atoms. The second kappa shape index (κ2) is 6.64. The van der Waals surface area contributed by atoms with Crippen LogP contribution >= 0.6 is 11.8 Å². The summed E-state index contributed by atoms with van der Waals surface area (Å²) in [7, 11) is 3.73. The SMILES string of the molecule is COc1cc2ncc(-c3cnc4c(c3)OCCN4C)n2cc1SC(C)(C)C. The zero-order valence-electron chi connectivity index (χ0n) is 16.3. The fourth-order valence-corrected chi connectivity index (χ4v) is 4.20. The first-order valence-corrected chi connectivity index (χ1v) is 9.76. The van der Waals surface area contributed by atoms with Crippen LogP contribution in [0.2, 0.25) is 0 Å². The average Bonchev–Trinajstić information content (AvgIpc) is 3.02. The number of methoxy groups -OCH3 is 1. The first kappa shape index (κ1) is 18.0. The summed E-state index contributed by atoms with van der Waals surface area (Å²) >= 11 is 1.78. The van der Waals surface area contributed by atoms with Gasteiger partial charge in [-0.3, -0.25) is 4.40 Å². The number of ether oxygens (including phenoxy) is 2. The Labute approximate surface area is 163 Å². The molecular formula is C20H24N4O2S. The average molecular weight is 385 g/mol. The van der Waals surface area contributed by atoms with Gasteiger partial charge in [0.15, 0.2) is 11.6 Å². The van der Waals surface area contributed by atoms with Gasteiger partial charge in [0, 0.05) is 35.8 Å². The molecule has 27 heavy (non-hydrogen) atoms. The number of anilines is 1. The Hall–Kier alpha value is -2.41. The highest BCUT2D eigenvalue weighted by Gasteiger charge is 2.20. The van der Waals surface area contributed by atoms with Gasteiger partial charge in [-0.1, -0.05) is 20.8 Å². The number of pyridine rings is 2. The molecule has 0 unspecified atom stereocenters. The summed E-state index contributed by atoms with van der Waals surface area (Å²) in [5.41, 5.74) is 2.81. The third-order valence-corrected chi connectivity index (χ3v) is 5.52. The zero-order valence-corrected chi connectivity index (χ0v) is 17.1. The van der Waals surface area contributed by atoms with Crippen molar-refractivity contribution in [1.82, 2.24) is 14.4 Å². The van der Waals surface area contributed by atoms with E-state index in [2.05, 4.69) is 46.2 Å². The summed E-state index contributed by atoms with van der Waals surface area (Å²) in [6.07, 6.45) is 5.85. The molecule has 0 amide bonds. The molecule has 0 fully saturated rings. The lowest BCUT2D eigenvalue weighted by atomic mass is 10.2. The molecule has 4 heterocycles. The molecule has 0 saturated carbocycles. The van der Waals surface area contributed by atoms with Gasteiger partial charge in [-0.15, -0.1) is 11.8 Å². The number of thioether (sulfide) groups is 1. The van der Waals surface area contributed by atoms with Crippen LogP contribution in [-0.2, 0) is 0 Å². The molecule has 1 aliphatic rings. The Balaban J connectivity index is 1.82. The minimum absolute atomic E-state index is 0.0769. The largest absolute Gasteiger partial charge is 0.495 e. The van der Waals surface area contributed by atoms with Crippen molar-refractivity contribution >= 4 is 23.2 Å². The lowest BCUT2D eigenvalue weighted by molar-refractivity contribution is 0.309. The predicted octanol–water partition coefficient (Wildman–Crippen LogP) is 4.12. The predicted molar refractivity (Wildman–Crippen MR) is 109 cm³/mol. The van der Waals surface area contributed by atoms with Gasteiger partial charge in [-0.25, -0.2) is 9.97 Å². The number of hydrogen-bond acceptors (Lipinski definition) is 6. The minimum Gasteiger partial charge on any atom is -0.495 e. The van der Waals surface area contributed by atoms with Crippen molar-refractivity contribution in [1.29, 1.82) is 0 Å². The van der Waals surface area contributed by atoms with E-state index in [-0.39, 0.29) is 4.75 Å². The van der Waals surface area contributed by atoms with Crippen LogP contribution < -0.4 is 14.4 Å². The van der Waals surface area contributed by atoms with E-state index >= 15 is 0 Å². The van der Waals surface area contributed by atoms with E-state index in [0.717, 1.165) is 45.7 Å². The highest BCUT2D eigenvalue weighted by Crippen LogP contribution is 2.39. The maximum absolute atomic E-state index is 5.81. The highest BCUT2D eigenvalue weighted by atomic mass is 32.2. The molecule has 0 bridgehead atoms. The Bertz CT molecular complexity index is 994. The molecule has 4 rings (SSSR count). The summed E-state index contributed by atoms with van der Waals surface area (Å²) < 4.78 is 13.6. The topological polar surface area (TPSA) is 51.9 Å². The molecule has 0 radical (unpaired) electrons. The van der Waals surface area contributed by atoms with Gasteiger partial charge in [-0.05, 0) is 6.07 Å². The second-order valence-electron chi connectivity index (χ2n) is 7.61. The molecule has 1 aliphatic heterocycles. The molecule has 3 aromatic heterocycles. The number of likely N-dealkylation sites (N-methyl/N-ethyl adjacent to an activating group) is 1. The van der Waals surface area contributed by atoms with Crippen LogP contribution in [0.25, 0.3) is 16.9 Å². The fourth-order valence-electron chi connectivity index (χ4n) is 3.14. The van der Waals surface area contributed by atoms with Crippen LogP contribution in [-0.4, -0.2) is 46.4 Å². The van der Waals surface area contributed by atoms with Crippen molar-refractivity contribution in [2.75, 3.05) is 32.2 Å². The molecule has 0 N–H and O–H groups in total. The summed E-state index contributed by atoms with van der Waals surface area (Å²) in [5, 5.41) is 0. The van der Waals surface area contributed by atoms with Gasteiger partial charge in [0.05, 0.1) is 30.4 Å². The van der Waals surface area contributed by atoms with Crippen LogP contribution in [0.15, 0.2) is 35.6 Å². The van der Waals surface area contributed by atoms with Crippen LogP contribution in [0.5, 0.6) is 11.5 Å². The van der Waals surface area contributed by atoms with Crippen molar-refractivity contribution < 1.29 is 9.47 Å². The zero-order chi connectivity index (χ0) is 19.2. The molecule has 142 valence electrons. The number of hydrogen-bond donors (Lipinski definition) is 0. The van der Waals surface area contributed by atoms with Crippen molar-refractivity contribution in [3.05, 3.63) is 30.7 Å². The smallest absolute Gasteiger partial charge is 0.171 e. The first-order chi connectivity index (χ1) is 12.9. The lowest BCUT2D eigenvalue weighted by Crippen LogP contribution is -2.29. The van der Waals surface area contributed by atoms with E-state index < -0.39 is 0 Å². The Morgan fingerprint density at radius 3 is 2.74 bits per heavy atom. The monoisotopic (exact) mass is 384 g/mol. The van der Waals surface area contributed by atoms with Gasteiger partial charge in [0.2, 0.25) is 0 Å². The standard InChI is InChI=1S/C20H24N4O2S/c1-20(2,3)27-17-12-24-14(11-21-18(24)9-15(17)25-5)13-8-16-19(22-10-13)23(4)6-7-26-16/h8-12H,6-7H2,1-5H3. The van der Waals surface area contributed by atoms with E-state index in [0.29, 0.717) is 6.61 Å². The molecule has 3 aromatic rings. The number of imidazole rings is 1. The molecule has 0 aliphatic carbocycles. The number of fused-ring (bicyclic) bond motifs is 2. The van der Waals surface area contributed by atoms with E-state index in [4.69, 9.17) is 9.47 Å². The quantitative estimate of drug-likeness (QED) is 0.633. The number of rotatable bonds is 3. The number of nitrogens with zero attached hydrogens (tertiary/aromatic N) is 4. The van der Waals surface area contributed by atoms with Gasteiger partial charge < -0.3 is 14.4 Å². The van der Waals surface area contributed by atoms with Crippen LogP contribution in [0, 0.1) is 0 Å². The maximum Gasteiger partial charge on any atom is 0.171 e. The molecule has 0 aromatic carbocycles. The second-order valence-corrected chi connectivity index (χ2v) is 9.48. The van der Waals surface area contributed by atoms with Crippen LogP contribution in [0.3, 0.4) is 0 Å².